The van der Waals surface area contributed by atoms with Gasteiger partial charge < -0.3 is 20.1 Å². The van der Waals surface area contributed by atoms with E-state index in [9.17, 15) is 9.59 Å². The Hall–Kier alpha value is -2.54. The molecule has 1 aliphatic rings. The molecule has 0 bridgehead atoms. The Labute approximate surface area is 150 Å². The Balaban J connectivity index is 1.72. The van der Waals surface area contributed by atoms with Gasteiger partial charge in [0, 0.05) is 11.4 Å². The summed E-state index contributed by atoms with van der Waals surface area (Å²) in [6.07, 6.45) is 0.228. The molecule has 0 aliphatic carbocycles. The summed E-state index contributed by atoms with van der Waals surface area (Å²) in [6.45, 7) is 3.23. The van der Waals surface area contributed by atoms with Crippen LogP contribution in [-0.4, -0.2) is 30.1 Å². The van der Waals surface area contributed by atoms with E-state index >= 15 is 0 Å². The molecule has 1 aliphatic heterocycles. The van der Waals surface area contributed by atoms with Crippen LogP contribution in [-0.2, 0) is 29.0 Å². The number of nitrogens with zero attached hydrogens (tertiary/aromatic N) is 1. The maximum atomic E-state index is 12.5. The minimum atomic E-state index is -0.413. The lowest BCUT2D eigenvalue weighted by atomic mass is 10.0. The fourth-order valence-electron chi connectivity index (χ4n) is 2.81. The molecule has 1 aromatic heterocycles. The van der Waals surface area contributed by atoms with E-state index in [0.717, 1.165) is 16.0 Å². The van der Waals surface area contributed by atoms with Crippen LogP contribution in [0.15, 0.2) is 30.3 Å². The number of hydrogen-bond acceptors (Lipinski definition) is 6. The third-order valence-corrected chi connectivity index (χ3v) is 5.07. The van der Waals surface area contributed by atoms with E-state index in [2.05, 4.69) is 0 Å². The largest absolute Gasteiger partial charge is 0.457 e. The Morgan fingerprint density at radius 3 is 2.72 bits per heavy atom. The normalized spacial score (nSPS) is 13.2. The van der Waals surface area contributed by atoms with Crippen molar-refractivity contribution in [2.75, 3.05) is 18.9 Å². The van der Waals surface area contributed by atoms with Crippen molar-refractivity contribution in [1.82, 2.24) is 4.90 Å². The predicted molar refractivity (Wildman–Crippen MR) is 95.4 cm³/mol. The quantitative estimate of drug-likeness (QED) is 0.847. The molecule has 2 N–H and O–H groups in total. The number of carbonyl (C=O) groups excluding carboxylic acids is 2. The number of benzene rings is 1. The number of esters is 1. The number of anilines is 1. The van der Waals surface area contributed by atoms with Crippen molar-refractivity contribution in [3.05, 3.63) is 51.9 Å². The second-order valence-electron chi connectivity index (χ2n) is 5.68. The molecule has 1 aromatic carbocycles. The van der Waals surface area contributed by atoms with E-state index in [1.165, 1.54) is 11.3 Å². The van der Waals surface area contributed by atoms with Crippen LogP contribution in [0.3, 0.4) is 0 Å². The van der Waals surface area contributed by atoms with Crippen LogP contribution in [0.1, 0.15) is 33.3 Å². The van der Waals surface area contributed by atoms with E-state index in [0.29, 0.717) is 36.7 Å². The number of rotatable bonds is 4. The number of ether oxygens (including phenoxy) is 2. The summed E-state index contributed by atoms with van der Waals surface area (Å²) in [5.74, 6) is -0.413. The Bertz CT molecular complexity index is 773. The summed E-state index contributed by atoms with van der Waals surface area (Å²) in [5.41, 5.74) is 8.31. The average molecular weight is 360 g/mol. The molecule has 0 radical (unpaired) electrons. The zero-order valence-electron chi connectivity index (χ0n) is 14.0. The van der Waals surface area contributed by atoms with Gasteiger partial charge in [-0.15, -0.1) is 11.3 Å². The summed E-state index contributed by atoms with van der Waals surface area (Å²) in [4.78, 5) is 26.9. The first kappa shape index (κ1) is 17.3. The van der Waals surface area contributed by atoms with Gasteiger partial charge in [-0.25, -0.2) is 9.59 Å². The van der Waals surface area contributed by atoms with Crippen LogP contribution in [0.2, 0.25) is 0 Å². The van der Waals surface area contributed by atoms with Gasteiger partial charge in [-0.2, -0.15) is 0 Å². The summed E-state index contributed by atoms with van der Waals surface area (Å²) in [7, 11) is 0. The van der Waals surface area contributed by atoms with Crippen molar-refractivity contribution in [3.63, 3.8) is 0 Å². The highest BCUT2D eigenvalue weighted by molar-refractivity contribution is 7.16. The van der Waals surface area contributed by atoms with Gasteiger partial charge in [0.15, 0.2) is 0 Å². The lowest BCUT2D eigenvalue weighted by molar-refractivity contribution is 0.0472. The first-order valence-electron chi connectivity index (χ1n) is 8.13. The van der Waals surface area contributed by atoms with Crippen LogP contribution in [0.25, 0.3) is 0 Å². The highest BCUT2D eigenvalue weighted by Crippen LogP contribution is 2.35. The molecule has 2 heterocycles. The number of carbonyl (C=O) groups is 2. The van der Waals surface area contributed by atoms with Crippen molar-refractivity contribution >= 4 is 28.4 Å². The van der Waals surface area contributed by atoms with Crippen LogP contribution >= 0.6 is 11.3 Å². The third-order valence-electron chi connectivity index (χ3n) is 4.03. The van der Waals surface area contributed by atoms with Crippen molar-refractivity contribution < 1.29 is 19.1 Å². The highest BCUT2D eigenvalue weighted by Gasteiger charge is 2.30. The minimum Gasteiger partial charge on any atom is -0.457 e. The van der Waals surface area contributed by atoms with Gasteiger partial charge in [0.1, 0.15) is 11.6 Å². The molecule has 0 saturated heterocycles. The monoisotopic (exact) mass is 360 g/mol. The number of nitrogen functional groups attached to an aromatic ring is 1. The van der Waals surface area contributed by atoms with E-state index < -0.39 is 5.97 Å². The van der Waals surface area contributed by atoms with Crippen molar-refractivity contribution in [3.8, 4) is 0 Å². The molecule has 0 saturated carbocycles. The Morgan fingerprint density at radius 1 is 1.24 bits per heavy atom. The smallest absolute Gasteiger partial charge is 0.410 e. The maximum Gasteiger partial charge on any atom is 0.410 e. The van der Waals surface area contributed by atoms with Crippen molar-refractivity contribution in [1.29, 1.82) is 0 Å². The van der Waals surface area contributed by atoms with E-state index in [4.69, 9.17) is 15.2 Å². The first-order valence-corrected chi connectivity index (χ1v) is 8.94. The molecule has 0 fully saturated rings. The third kappa shape index (κ3) is 3.76. The lowest BCUT2D eigenvalue weighted by Crippen LogP contribution is -2.36. The fraction of sp³-hybridized carbons (Fsp3) is 0.333. The zero-order valence-corrected chi connectivity index (χ0v) is 14.8. The van der Waals surface area contributed by atoms with Gasteiger partial charge >= 0.3 is 12.1 Å². The number of hydrogen-bond donors (Lipinski definition) is 1. The molecule has 0 unspecified atom stereocenters. The molecule has 6 nitrogen and oxygen atoms in total. The topological polar surface area (TPSA) is 81.9 Å². The summed E-state index contributed by atoms with van der Waals surface area (Å²) < 4.78 is 10.5. The van der Waals surface area contributed by atoms with Gasteiger partial charge in [-0.1, -0.05) is 30.3 Å². The fourth-order valence-corrected chi connectivity index (χ4v) is 3.94. The van der Waals surface area contributed by atoms with Gasteiger partial charge in [0.2, 0.25) is 0 Å². The molecular formula is C18H20N2O4S. The van der Waals surface area contributed by atoms with Gasteiger partial charge in [-0.05, 0) is 24.5 Å². The van der Waals surface area contributed by atoms with Crippen LogP contribution < -0.4 is 5.73 Å². The van der Waals surface area contributed by atoms with E-state index in [-0.39, 0.29) is 12.7 Å². The average Bonchev–Trinajstić information content (AvgIpc) is 2.95. The minimum absolute atomic E-state index is 0.207. The van der Waals surface area contributed by atoms with Crippen LogP contribution in [0.4, 0.5) is 9.80 Å². The molecule has 3 rings (SSSR count). The van der Waals surface area contributed by atoms with Crippen molar-refractivity contribution in [2.24, 2.45) is 0 Å². The molecule has 0 spiro atoms. The zero-order chi connectivity index (χ0) is 17.8. The van der Waals surface area contributed by atoms with Gasteiger partial charge in [0.25, 0.3) is 0 Å². The molecule has 2 aromatic rings. The lowest BCUT2D eigenvalue weighted by Gasteiger charge is -2.26. The SMILES string of the molecule is CCOC(=O)N1CCc2c(sc(N)c2C(=O)OCc2ccccc2)C1. The molecule has 25 heavy (non-hydrogen) atoms. The predicted octanol–water partition coefficient (Wildman–Crippen LogP) is 3.20. The summed E-state index contributed by atoms with van der Waals surface area (Å²) in [5, 5.41) is 0.439. The summed E-state index contributed by atoms with van der Waals surface area (Å²) in [6, 6.07) is 9.50. The Kier molecular flexibility index (Phi) is 5.23. The van der Waals surface area contributed by atoms with Crippen LogP contribution in [0.5, 0.6) is 0 Å². The standard InChI is InChI=1S/C18H20N2O4S/c1-2-23-18(22)20-9-8-13-14(10-20)25-16(19)15(13)17(21)24-11-12-6-4-3-5-7-12/h3-7H,2,8-11,19H2,1H3. The molecule has 1 amide bonds. The van der Waals surface area contributed by atoms with Gasteiger partial charge in [-0.3, -0.25) is 0 Å². The van der Waals surface area contributed by atoms with Gasteiger partial charge in [0.05, 0.1) is 18.7 Å². The van der Waals surface area contributed by atoms with Crippen LogP contribution in [0, 0.1) is 0 Å². The number of nitrogens with two attached hydrogens (primary N) is 1. The molecular weight excluding hydrogens is 340 g/mol. The second-order valence-corrected chi connectivity index (χ2v) is 6.81. The Morgan fingerprint density at radius 2 is 2.00 bits per heavy atom. The summed E-state index contributed by atoms with van der Waals surface area (Å²) >= 11 is 1.33. The first-order chi connectivity index (χ1) is 12.1. The van der Waals surface area contributed by atoms with Crippen molar-refractivity contribution in [2.45, 2.75) is 26.5 Å². The number of amides is 1. The second kappa shape index (κ2) is 7.57. The van der Waals surface area contributed by atoms with E-state index in [1.807, 2.05) is 30.3 Å². The maximum absolute atomic E-state index is 12.5. The van der Waals surface area contributed by atoms with E-state index in [1.54, 1.807) is 11.8 Å². The molecule has 132 valence electrons. The molecule has 0 atom stereocenters. The molecule has 7 heteroatoms. The number of thiophene rings is 1. The number of fused-ring (bicyclic) bond motifs is 1. The highest BCUT2D eigenvalue weighted by atomic mass is 32.1.